The number of hydrogen-bond acceptors (Lipinski definition) is 5. The maximum Gasteiger partial charge on any atom is 0.273 e. The highest BCUT2D eigenvalue weighted by atomic mass is 16.6. The molecule has 2 rings (SSSR count). The second-order valence-electron chi connectivity index (χ2n) is 5.95. The van der Waals surface area contributed by atoms with Crippen LogP contribution in [0.25, 0.3) is 0 Å². The minimum atomic E-state index is -0.510. The molecule has 138 valence electrons. The first-order valence-corrected chi connectivity index (χ1v) is 8.33. The molecule has 1 amide bonds. The first kappa shape index (κ1) is 19.2. The van der Waals surface area contributed by atoms with Crippen molar-refractivity contribution in [2.24, 2.45) is 0 Å². The summed E-state index contributed by atoms with van der Waals surface area (Å²) < 4.78 is 10.9. The summed E-state index contributed by atoms with van der Waals surface area (Å²) in [6.07, 6.45) is 0.816. The number of nitrogens with one attached hydrogen (secondary N) is 1. The van der Waals surface area contributed by atoms with E-state index in [0.29, 0.717) is 13.0 Å². The lowest BCUT2D eigenvalue weighted by Gasteiger charge is -2.10. The molecule has 0 aromatic heterocycles. The predicted molar refractivity (Wildman–Crippen MR) is 97.5 cm³/mol. The molecule has 0 heterocycles. The lowest BCUT2D eigenvalue weighted by molar-refractivity contribution is -0.384. The maximum atomic E-state index is 11.8. The molecule has 2 aromatic rings. The van der Waals surface area contributed by atoms with Crippen LogP contribution < -0.4 is 14.8 Å². The number of ether oxygens (including phenoxy) is 2. The van der Waals surface area contributed by atoms with Crippen molar-refractivity contribution in [3.05, 3.63) is 64.2 Å². The molecule has 7 heteroatoms. The van der Waals surface area contributed by atoms with E-state index < -0.39 is 4.92 Å². The van der Waals surface area contributed by atoms with E-state index in [4.69, 9.17) is 9.47 Å². The second-order valence-corrected chi connectivity index (χ2v) is 5.95. The van der Waals surface area contributed by atoms with Crippen LogP contribution in [0.5, 0.6) is 11.5 Å². The van der Waals surface area contributed by atoms with Gasteiger partial charge in [0.05, 0.1) is 17.1 Å². The summed E-state index contributed by atoms with van der Waals surface area (Å²) in [7, 11) is 0. The molecule has 0 unspecified atom stereocenters. The Morgan fingerprint density at radius 2 is 1.88 bits per heavy atom. The van der Waals surface area contributed by atoms with Crippen molar-refractivity contribution < 1.29 is 19.2 Å². The van der Waals surface area contributed by atoms with Crippen LogP contribution >= 0.6 is 0 Å². The molecule has 1 N–H and O–H groups in total. The first-order chi connectivity index (χ1) is 12.4. The SMILES string of the molecule is CC(C)Oc1ccc(CCNC(=O)COc2cccc([N+](=O)[O-])c2)cc1. The quantitative estimate of drug-likeness (QED) is 0.549. The van der Waals surface area contributed by atoms with Crippen LogP contribution in [0, 0.1) is 10.1 Å². The Bertz CT molecular complexity index is 744. The van der Waals surface area contributed by atoms with Crippen molar-refractivity contribution in [1.29, 1.82) is 0 Å². The molecule has 2 aromatic carbocycles. The van der Waals surface area contributed by atoms with Gasteiger partial charge in [-0.25, -0.2) is 0 Å². The Morgan fingerprint density at radius 1 is 1.15 bits per heavy atom. The van der Waals surface area contributed by atoms with Crippen molar-refractivity contribution in [3.8, 4) is 11.5 Å². The molecule has 26 heavy (non-hydrogen) atoms. The Hall–Kier alpha value is -3.09. The van der Waals surface area contributed by atoms with Crippen molar-refractivity contribution in [3.63, 3.8) is 0 Å². The van der Waals surface area contributed by atoms with Gasteiger partial charge in [0.1, 0.15) is 11.5 Å². The summed E-state index contributed by atoms with van der Waals surface area (Å²) in [4.78, 5) is 22.0. The van der Waals surface area contributed by atoms with E-state index in [9.17, 15) is 14.9 Å². The summed E-state index contributed by atoms with van der Waals surface area (Å²) in [6.45, 7) is 4.22. The molecule has 0 saturated heterocycles. The van der Waals surface area contributed by atoms with E-state index in [2.05, 4.69) is 5.32 Å². The van der Waals surface area contributed by atoms with Gasteiger partial charge in [0.25, 0.3) is 11.6 Å². The van der Waals surface area contributed by atoms with E-state index in [1.807, 2.05) is 38.1 Å². The molecular weight excluding hydrogens is 336 g/mol. The molecule has 0 fully saturated rings. The zero-order valence-corrected chi connectivity index (χ0v) is 14.8. The van der Waals surface area contributed by atoms with Crippen LogP contribution in [0.2, 0.25) is 0 Å². The van der Waals surface area contributed by atoms with Crippen LogP contribution in [0.3, 0.4) is 0 Å². The highest BCUT2D eigenvalue weighted by molar-refractivity contribution is 5.77. The summed E-state index contributed by atoms with van der Waals surface area (Å²) >= 11 is 0. The zero-order chi connectivity index (χ0) is 18.9. The van der Waals surface area contributed by atoms with Gasteiger partial charge in [0, 0.05) is 12.6 Å². The van der Waals surface area contributed by atoms with E-state index in [0.717, 1.165) is 11.3 Å². The molecule has 7 nitrogen and oxygen atoms in total. The molecule has 0 saturated carbocycles. The average Bonchev–Trinajstić information content (AvgIpc) is 2.61. The minimum absolute atomic E-state index is 0.0761. The second kappa shape index (κ2) is 9.41. The number of amides is 1. The number of carbonyl (C=O) groups is 1. The van der Waals surface area contributed by atoms with Gasteiger partial charge in [0.2, 0.25) is 0 Å². The fourth-order valence-corrected chi connectivity index (χ4v) is 2.24. The standard InChI is InChI=1S/C19H22N2O5/c1-14(2)26-17-8-6-15(7-9-17)10-11-20-19(22)13-25-18-5-3-4-16(12-18)21(23)24/h3-9,12,14H,10-11,13H2,1-2H3,(H,20,22). The summed E-state index contributed by atoms with van der Waals surface area (Å²) in [5.74, 6) is 0.824. The highest BCUT2D eigenvalue weighted by Gasteiger charge is 2.08. The van der Waals surface area contributed by atoms with E-state index >= 15 is 0 Å². The van der Waals surface area contributed by atoms with Gasteiger partial charge < -0.3 is 14.8 Å². The molecule has 0 aliphatic rings. The van der Waals surface area contributed by atoms with E-state index in [1.54, 1.807) is 6.07 Å². The van der Waals surface area contributed by atoms with Crippen LogP contribution in [0.4, 0.5) is 5.69 Å². The van der Waals surface area contributed by atoms with Gasteiger partial charge in [-0.3, -0.25) is 14.9 Å². The molecule has 0 spiro atoms. The average molecular weight is 358 g/mol. The third-order valence-corrected chi connectivity index (χ3v) is 3.43. The summed E-state index contributed by atoms with van der Waals surface area (Å²) in [5.41, 5.74) is 1.01. The van der Waals surface area contributed by atoms with Crippen molar-refractivity contribution in [2.75, 3.05) is 13.2 Å². The highest BCUT2D eigenvalue weighted by Crippen LogP contribution is 2.18. The van der Waals surface area contributed by atoms with E-state index in [1.165, 1.54) is 18.2 Å². The maximum absolute atomic E-state index is 11.8. The number of nitro benzene ring substituents is 1. The zero-order valence-electron chi connectivity index (χ0n) is 14.8. The van der Waals surface area contributed by atoms with Crippen molar-refractivity contribution >= 4 is 11.6 Å². The Morgan fingerprint density at radius 3 is 2.54 bits per heavy atom. The van der Waals surface area contributed by atoms with Gasteiger partial charge >= 0.3 is 0 Å². The smallest absolute Gasteiger partial charge is 0.273 e. The molecule has 0 aliphatic heterocycles. The number of nitrogens with zero attached hydrogens (tertiary/aromatic N) is 1. The van der Waals surface area contributed by atoms with Crippen molar-refractivity contribution in [1.82, 2.24) is 5.32 Å². The molecular formula is C19H22N2O5. The van der Waals surface area contributed by atoms with Gasteiger partial charge in [0.15, 0.2) is 6.61 Å². The lowest BCUT2D eigenvalue weighted by atomic mass is 10.1. The predicted octanol–water partition coefficient (Wildman–Crippen LogP) is 3.12. The normalized spacial score (nSPS) is 10.4. The summed E-state index contributed by atoms with van der Waals surface area (Å²) in [5, 5.41) is 13.5. The Balaban J connectivity index is 1.72. The number of carbonyl (C=O) groups excluding carboxylic acids is 1. The summed E-state index contributed by atoms with van der Waals surface area (Å²) in [6, 6.07) is 13.5. The first-order valence-electron chi connectivity index (χ1n) is 8.33. The van der Waals surface area contributed by atoms with Gasteiger partial charge in [-0.2, -0.15) is 0 Å². The monoisotopic (exact) mass is 358 g/mol. The van der Waals surface area contributed by atoms with E-state index in [-0.39, 0.29) is 30.1 Å². The van der Waals surface area contributed by atoms with Crippen LogP contribution in [-0.2, 0) is 11.2 Å². The number of hydrogen-bond donors (Lipinski definition) is 1. The topological polar surface area (TPSA) is 90.7 Å². The molecule has 0 radical (unpaired) electrons. The lowest BCUT2D eigenvalue weighted by Crippen LogP contribution is -2.30. The van der Waals surface area contributed by atoms with Gasteiger partial charge in [-0.15, -0.1) is 0 Å². The fraction of sp³-hybridized carbons (Fsp3) is 0.316. The minimum Gasteiger partial charge on any atom is -0.491 e. The number of rotatable bonds is 9. The van der Waals surface area contributed by atoms with Crippen LogP contribution in [-0.4, -0.2) is 30.1 Å². The van der Waals surface area contributed by atoms with Crippen LogP contribution in [0.1, 0.15) is 19.4 Å². The van der Waals surface area contributed by atoms with Crippen LogP contribution in [0.15, 0.2) is 48.5 Å². The van der Waals surface area contributed by atoms with Gasteiger partial charge in [-0.1, -0.05) is 18.2 Å². The fourth-order valence-electron chi connectivity index (χ4n) is 2.24. The molecule has 0 atom stereocenters. The number of nitro groups is 1. The Labute approximate surface area is 152 Å². The Kier molecular flexibility index (Phi) is 6.96. The molecule has 0 aliphatic carbocycles. The molecule has 0 bridgehead atoms. The third kappa shape index (κ3) is 6.43. The number of benzene rings is 2. The largest absolute Gasteiger partial charge is 0.491 e. The van der Waals surface area contributed by atoms with Crippen molar-refractivity contribution in [2.45, 2.75) is 26.4 Å². The number of non-ortho nitro benzene ring substituents is 1. The third-order valence-electron chi connectivity index (χ3n) is 3.43. The van der Waals surface area contributed by atoms with Gasteiger partial charge in [-0.05, 0) is 44.0 Å².